The number of nitrogens with zero attached hydrogens (tertiary/aromatic N) is 4. The molecule has 0 amide bonds. The molecule has 27 heavy (non-hydrogen) atoms. The van der Waals surface area contributed by atoms with E-state index in [1.807, 2.05) is 0 Å². The van der Waals surface area contributed by atoms with Gasteiger partial charge in [0, 0.05) is 19.6 Å². The first-order valence-electron chi connectivity index (χ1n) is 9.47. The van der Waals surface area contributed by atoms with Crippen molar-refractivity contribution in [3.63, 3.8) is 0 Å². The van der Waals surface area contributed by atoms with Crippen LogP contribution in [0.1, 0.15) is 23.3 Å². The third kappa shape index (κ3) is 2.84. The fourth-order valence-electron chi connectivity index (χ4n) is 3.98. The van der Waals surface area contributed by atoms with Crippen LogP contribution in [0.5, 0.6) is 0 Å². The number of hydrogen-bond donors (Lipinski definition) is 0. The van der Waals surface area contributed by atoms with Crippen molar-refractivity contribution in [1.82, 2.24) is 14.8 Å². The monoisotopic (exact) mass is 378 g/mol. The average Bonchev–Trinajstić information content (AvgIpc) is 3.29. The Labute approximate surface area is 163 Å². The zero-order valence-electron chi connectivity index (χ0n) is 15.3. The number of benzene rings is 2. The largest absolute Gasteiger partial charge is 0.378 e. The number of aromatic nitrogens is 3. The SMILES string of the molecule is CCn1c(SC2c3ccccc3-c3ccccc32)nnc1N1CCOCC1. The molecule has 5 rings (SSSR count). The minimum atomic E-state index is 0.254. The van der Waals surface area contributed by atoms with E-state index in [4.69, 9.17) is 4.74 Å². The van der Waals surface area contributed by atoms with Crippen LogP contribution in [-0.4, -0.2) is 41.1 Å². The fraction of sp³-hybridized carbons (Fsp3) is 0.333. The van der Waals surface area contributed by atoms with Gasteiger partial charge in [-0.15, -0.1) is 10.2 Å². The number of rotatable bonds is 4. The molecule has 0 unspecified atom stereocenters. The van der Waals surface area contributed by atoms with Gasteiger partial charge in [-0.2, -0.15) is 0 Å². The maximum Gasteiger partial charge on any atom is 0.228 e. The lowest BCUT2D eigenvalue weighted by Gasteiger charge is -2.27. The molecule has 2 aromatic carbocycles. The fourth-order valence-corrected chi connectivity index (χ4v) is 5.29. The first-order valence-corrected chi connectivity index (χ1v) is 10.4. The van der Waals surface area contributed by atoms with Crippen LogP contribution in [0, 0.1) is 0 Å². The van der Waals surface area contributed by atoms with E-state index in [9.17, 15) is 0 Å². The van der Waals surface area contributed by atoms with Gasteiger partial charge in [0.25, 0.3) is 0 Å². The summed E-state index contributed by atoms with van der Waals surface area (Å²) in [4.78, 5) is 2.28. The third-order valence-corrected chi connectivity index (χ3v) is 6.56. The first-order chi connectivity index (χ1) is 13.4. The third-order valence-electron chi connectivity index (χ3n) is 5.31. The van der Waals surface area contributed by atoms with E-state index in [1.54, 1.807) is 11.8 Å². The summed E-state index contributed by atoms with van der Waals surface area (Å²) in [7, 11) is 0. The van der Waals surface area contributed by atoms with Crippen LogP contribution in [-0.2, 0) is 11.3 Å². The molecule has 2 aliphatic rings. The van der Waals surface area contributed by atoms with Crippen molar-refractivity contribution in [2.45, 2.75) is 23.9 Å². The molecular weight excluding hydrogens is 356 g/mol. The molecule has 1 fully saturated rings. The summed E-state index contributed by atoms with van der Waals surface area (Å²) in [5.41, 5.74) is 5.40. The molecule has 0 N–H and O–H groups in total. The summed E-state index contributed by atoms with van der Waals surface area (Å²) < 4.78 is 7.72. The Hall–Kier alpha value is -2.31. The zero-order valence-corrected chi connectivity index (χ0v) is 16.2. The van der Waals surface area contributed by atoms with Gasteiger partial charge in [0.1, 0.15) is 0 Å². The number of thioether (sulfide) groups is 1. The second-order valence-electron chi connectivity index (χ2n) is 6.80. The normalized spacial score (nSPS) is 16.4. The second kappa shape index (κ2) is 7.02. The van der Waals surface area contributed by atoms with Crippen molar-refractivity contribution < 1.29 is 4.74 Å². The second-order valence-corrected chi connectivity index (χ2v) is 7.87. The predicted molar refractivity (Wildman–Crippen MR) is 108 cm³/mol. The Morgan fingerprint density at radius 2 is 1.59 bits per heavy atom. The molecule has 5 nitrogen and oxygen atoms in total. The van der Waals surface area contributed by atoms with E-state index in [0.717, 1.165) is 44.0 Å². The van der Waals surface area contributed by atoms with Gasteiger partial charge in [0.2, 0.25) is 5.95 Å². The molecule has 1 aromatic heterocycles. The minimum absolute atomic E-state index is 0.254. The lowest BCUT2D eigenvalue weighted by atomic mass is 10.1. The molecule has 1 aliphatic carbocycles. The van der Waals surface area contributed by atoms with Gasteiger partial charge in [-0.3, -0.25) is 4.57 Å². The Bertz CT molecular complexity index is 919. The minimum Gasteiger partial charge on any atom is -0.378 e. The summed E-state index contributed by atoms with van der Waals surface area (Å²) in [5, 5.41) is 10.3. The van der Waals surface area contributed by atoms with Crippen molar-refractivity contribution in [3.8, 4) is 11.1 Å². The van der Waals surface area contributed by atoms with Crippen LogP contribution < -0.4 is 4.90 Å². The summed E-state index contributed by atoms with van der Waals surface area (Å²) >= 11 is 1.80. The van der Waals surface area contributed by atoms with Gasteiger partial charge in [0.15, 0.2) is 5.16 Å². The van der Waals surface area contributed by atoms with Gasteiger partial charge in [0.05, 0.1) is 18.5 Å². The van der Waals surface area contributed by atoms with Crippen molar-refractivity contribution in [2.75, 3.05) is 31.2 Å². The van der Waals surface area contributed by atoms with Crippen LogP contribution in [0.3, 0.4) is 0 Å². The summed E-state index contributed by atoms with van der Waals surface area (Å²) in [5.74, 6) is 0.961. The van der Waals surface area contributed by atoms with Crippen molar-refractivity contribution in [1.29, 1.82) is 0 Å². The smallest absolute Gasteiger partial charge is 0.228 e. The van der Waals surface area contributed by atoms with Crippen LogP contribution in [0.15, 0.2) is 53.7 Å². The van der Waals surface area contributed by atoms with E-state index in [0.29, 0.717) is 0 Å². The van der Waals surface area contributed by atoms with Gasteiger partial charge in [-0.25, -0.2) is 0 Å². The molecule has 0 spiro atoms. The van der Waals surface area contributed by atoms with Crippen molar-refractivity contribution >= 4 is 17.7 Å². The highest BCUT2D eigenvalue weighted by molar-refractivity contribution is 7.99. The Morgan fingerprint density at radius 3 is 2.22 bits per heavy atom. The molecule has 0 atom stereocenters. The molecule has 3 aromatic rings. The van der Waals surface area contributed by atoms with Crippen LogP contribution in [0.2, 0.25) is 0 Å². The van der Waals surface area contributed by atoms with Crippen LogP contribution >= 0.6 is 11.8 Å². The van der Waals surface area contributed by atoms with Gasteiger partial charge in [-0.1, -0.05) is 60.3 Å². The lowest BCUT2D eigenvalue weighted by Crippen LogP contribution is -2.38. The van der Waals surface area contributed by atoms with Crippen LogP contribution in [0.25, 0.3) is 11.1 Å². The molecule has 2 heterocycles. The summed E-state index contributed by atoms with van der Waals surface area (Å²) in [6.07, 6.45) is 0. The first kappa shape index (κ1) is 16.8. The molecular formula is C21H22N4OS. The Balaban J connectivity index is 1.51. The van der Waals surface area contributed by atoms with E-state index >= 15 is 0 Å². The quantitative estimate of drug-likeness (QED) is 0.687. The topological polar surface area (TPSA) is 43.2 Å². The highest BCUT2D eigenvalue weighted by Crippen LogP contribution is 2.51. The molecule has 0 saturated carbocycles. The van der Waals surface area contributed by atoms with Crippen molar-refractivity contribution in [3.05, 3.63) is 59.7 Å². The average molecular weight is 379 g/mol. The van der Waals surface area contributed by atoms with Gasteiger partial charge < -0.3 is 9.64 Å². The molecule has 0 radical (unpaired) electrons. The number of hydrogen-bond acceptors (Lipinski definition) is 5. The Kier molecular flexibility index (Phi) is 4.38. The number of morpholine rings is 1. The van der Waals surface area contributed by atoms with E-state index in [1.165, 1.54) is 22.3 Å². The standard InChI is InChI=1S/C21H22N4OS/c1-2-25-20(24-11-13-26-14-12-24)22-23-21(25)27-19-17-9-5-3-7-15(17)16-8-4-6-10-18(16)19/h3-10,19H,2,11-14H2,1H3. The maximum absolute atomic E-state index is 5.48. The maximum atomic E-state index is 5.48. The molecule has 138 valence electrons. The highest BCUT2D eigenvalue weighted by Gasteiger charge is 2.31. The molecule has 0 bridgehead atoms. The molecule has 6 heteroatoms. The number of anilines is 1. The highest BCUT2D eigenvalue weighted by atomic mass is 32.2. The molecule has 1 saturated heterocycles. The zero-order chi connectivity index (χ0) is 18.2. The van der Waals surface area contributed by atoms with Gasteiger partial charge >= 0.3 is 0 Å². The van der Waals surface area contributed by atoms with E-state index < -0.39 is 0 Å². The van der Waals surface area contributed by atoms with Gasteiger partial charge in [-0.05, 0) is 29.2 Å². The summed E-state index contributed by atoms with van der Waals surface area (Å²) in [6, 6.07) is 17.4. The van der Waals surface area contributed by atoms with E-state index in [2.05, 4.69) is 75.1 Å². The predicted octanol–water partition coefficient (Wildman–Crippen LogP) is 4.00. The summed E-state index contributed by atoms with van der Waals surface area (Å²) in [6.45, 7) is 6.27. The number of fused-ring (bicyclic) bond motifs is 3. The molecule has 1 aliphatic heterocycles. The van der Waals surface area contributed by atoms with Crippen LogP contribution in [0.4, 0.5) is 5.95 Å². The Morgan fingerprint density at radius 1 is 0.963 bits per heavy atom. The lowest BCUT2D eigenvalue weighted by molar-refractivity contribution is 0.121. The van der Waals surface area contributed by atoms with E-state index in [-0.39, 0.29) is 5.25 Å². The number of ether oxygens (including phenoxy) is 1. The van der Waals surface area contributed by atoms with Crippen molar-refractivity contribution in [2.24, 2.45) is 0 Å².